The highest BCUT2D eigenvalue weighted by Crippen LogP contribution is 2.29. The van der Waals surface area contributed by atoms with E-state index in [1.54, 1.807) is 22.0 Å². The maximum absolute atomic E-state index is 14.1. The van der Waals surface area contributed by atoms with Crippen LogP contribution in [0.4, 0.5) is 8.78 Å². The zero-order valence-corrected chi connectivity index (χ0v) is 22.1. The first kappa shape index (κ1) is 28.3. The van der Waals surface area contributed by atoms with Crippen molar-refractivity contribution < 1.29 is 19.0 Å². The standard InChI is InChI=1S/C13H12F2N6O.C13H14N6O/c14-10-1-2-11(12(15)3-10)13(22,4-20-8-16-6-18-20)5-21-9-17-7-19-21;20-7-13(19-11-15-9-17-19,6-18-10-14-8-16-18)12-4-2-1-3-5-12/h1-3,6-9,22H,4-5H2;1-5,8-11,20H,6-7H2. The Morgan fingerprint density at radius 2 is 1.21 bits per heavy atom. The third-order valence-electron chi connectivity index (χ3n) is 6.53. The fourth-order valence-electron chi connectivity index (χ4n) is 4.52. The topological polar surface area (TPSA) is 163 Å². The van der Waals surface area contributed by atoms with Gasteiger partial charge in [0.2, 0.25) is 0 Å². The molecule has 1 atom stereocenters. The Morgan fingerprint density at radius 1 is 0.667 bits per heavy atom. The maximum atomic E-state index is 14.1. The Balaban J connectivity index is 0.000000169. The molecule has 1 unspecified atom stereocenters. The molecule has 0 radical (unpaired) electrons. The summed E-state index contributed by atoms with van der Waals surface area (Å²) in [5.41, 5.74) is -1.58. The van der Waals surface area contributed by atoms with Crippen LogP contribution in [0.3, 0.4) is 0 Å². The van der Waals surface area contributed by atoms with Crippen LogP contribution in [0.15, 0.2) is 99.1 Å². The van der Waals surface area contributed by atoms with Crippen molar-refractivity contribution in [2.75, 3.05) is 6.61 Å². The smallest absolute Gasteiger partial charge is 0.137 e. The Bertz CT molecular complexity index is 1590. The number of hydrogen-bond acceptors (Lipinski definition) is 10. The van der Waals surface area contributed by atoms with Gasteiger partial charge in [-0.25, -0.2) is 42.8 Å². The third-order valence-corrected chi connectivity index (χ3v) is 6.53. The minimum atomic E-state index is -1.70. The quantitative estimate of drug-likeness (QED) is 0.241. The van der Waals surface area contributed by atoms with E-state index in [2.05, 4.69) is 40.3 Å². The maximum Gasteiger partial charge on any atom is 0.137 e. The van der Waals surface area contributed by atoms with Gasteiger partial charge < -0.3 is 10.2 Å². The first-order valence-electron chi connectivity index (χ1n) is 12.6. The molecule has 4 heterocycles. The molecule has 0 bridgehead atoms. The van der Waals surface area contributed by atoms with Gasteiger partial charge in [0.15, 0.2) is 0 Å². The van der Waals surface area contributed by atoms with E-state index in [4.69, 9.17) is 0 Å². The molecule has 4 aromatic heterocycles. The van der Waals surface area contributed by atoms with Crippen LogP contribution in [0.25, 0.3) is 0 Å². The third kappa shape index (κ3) is 6.24. The molecule has 14 nitrogen and oxygen atoms in total. The predicted octanol–water partition coefficient (Wildman–Crippen LogP) is 1.04. The number of aromatic nitrogens is 12. The lowest BCUT2D eigenvalue weighted by atomic mass is 9.90. The summed E-state index contributed by atoms with van der Waals surface area (Å²) in [6.07, 6.45) is 11.5. The molecule has 0 saturated carbocycles. The molecule has 2 aromatic carbocycles. The minimum absolute atomic E-state index is 0.0556. The Labute approximate surface area is 237 Å². The van der Waals surface area contributed by atoms with Crippen molar-refractivity contribution in [3.05, 3.63) is 122 Å². The summed E-state index contributed by atoms with van der Waals surface area (Å²) < 4.78 is 33.3. The van der Waals surface area contributed by atoms with Crippen LogP contribution >= 0.6 is 0 Å². The fraction of sp³-hybridized carbons (Fsp3) is 0.231. The number of aliphatic hydroxyl groups is 2. The molecular weight excluding hydrogens is 550 g/mol. The minimum Gasteiger partial charge on any atom is -0.393 e. The SMILES string of the molecule is OC(Cn1cncn1)(Cn1cncn1)c1ccc(F)cc1F.OCC(Cn1cncn1)(c1ccccc1)n1cncn1. The van der Waals surface area contributed by atoms with Gasteiger partial charge in [0, 0.05) is 11.6 Å². The zero-order chi connectivity index (χ0) is 29.4. The predicted molar refractivity (Wildman–Crippen MR) is 141 cm³/mol. The van der Waals surface area contributed by atoms with E-state index in [9.17, 15) is 19.0 Å². The highest BCUT2D eigenvalue weighted by atomic mass is 19.1. The molecule has 0 aliphatic carbocycles. The summed E-state index contributed by atoms with van der Waals surface area (Å²) in [6, 6.07) is 12.7. The molecule has 6 rings (SSSR count). The number of hydrogen-bond donors (Lipinski definition) is 2. The summed E-state index contributed by atoms with van der Waals surface area (Å²) in [6.45, 7) is 0.141. The van der Waals surface area contributed by atoms with Crippen molar-refractivity contribution in [2.24, 2.45) is 0 Å². The number of nitrogens with zero attached hydrogens (tertiary/aromatic N) is 12. The van der Waals surface area contributed by atoms with Crippen molar-refractivity contribution in [3.63, 3.8) is 0 Å². The number of rotatable bonds is 10. The molecule has 0 spiro atoms. The molecule has 216 valence electrons. The number of benzene rings is 2. The van der Waals surface area contributed by atoms with Crippen molar-refractivity contribution >= 4 is 0 Å². The Kier molecular flexibility index (Phi) is 8.44. The van der Waals surface area contributed by atoms with Gasteiger partial charge in [-0.1, -0.05) is 36.4 Å². The van der Waals surface area contributed by atoms with E-state index in [1.807, 2.05) is 30.3 Å². The van der Waals surface area contributed by atoms with Gasteiger partial charge >= 0.3 is 0 Å². The first-order chi connectivity index (χ1) is 20.4. The number of aliphatic hydroxyl groups excluding tert-OH is 1. The molecule has 42 heavy (non-hydrogen) atoms. The van der Waals surface area contributed by atoms with Gasteiger partial charge in [0.25, 0.3) is 0 Å². The van der Waals surface area contributed by atoms with Crippen LogP contribution in [-0.2, 0) is 30.8 Å². The average molecular weight is 577 g/mol. The molecule has 2 N–H and O–H groups in total. The van der Waals surface area contributed by atoms with Gasteiger partial charge in [-0.15, -0.1) is 0 Å². The highest BCUT2D eigenvalue weighted by molar-refractivity contribution is 5.26. The molecular formula is C26H26F2N12O2. The summed E-state index contributed by atoms with van der Waals surface area (Å²) in [7, 11) is 0. The summed E-state index contributed by atoms with van der Waals surface area (Å²) >= 11 is 0. The molecule has 6 aromatic rings. The molecule has 0 saturated heterocycles. The summed E-state index contributed by atoms with van der Waals surface area (Å²) in [5.74, 6) is -1.56. The van der Waals surface area contributed by atoms with E-state index in [0.717, 1.165) is 17.7 Å². The number of halogens is 2. The molecule has 0 aliphatic rings. The normalized spacial score (nSPS) is 12.9. The van der Waals surface area contributed by atoms with E-state index < -0.39 is 22.8 Å². The van der Waals surface area contributed by atoms with Gasteiger partial charge in [0.05, 0.1) is 26.2 Å². The van der Waals surface area contributed by atoms with E-state index in [0.29, 0.717) is 6.54 Å². The van der Waals surface area contributed by atoms with Crippen LogP contribution < -0.4 is 0 Å². The molecule has 0 fully saturated rings. The van der Waals surface area contributed by atoms with Crippen LogP contribution in [0.2, 0.25) is 0 Å². The lowest BCUT2D eigenvalue weighted by Crippen LogP contribution is -2.43. The van der Waals surface area contributed by atoms with Gasteiger partial charge in [-0.3, -0.25) is 4.68 Å². The van der Waals surface area contributed by atoms with Crippen molar-refractivity contribution in [3.8, 4) is 0 Å². The lowest BCUT2D eigenvalue weighted by Gasteiger charge is -2.32. The second kappa shape index (κ2) is 12.5. The summed E-state index contributed by atoms with van der Waals surface area (Å²) in [5, 5.41) is 37.1. The van der Waals surface area contributed by atoms with E-state index >= 15 is 0 Å². The highest BCUT2D eigenvalue weighted by Gasteiger charge is 2.36. The fourth-order valence-corrected chi connectivity index (χ4v) is 4.52. The first-order valence-corrected chi connectivity index (χ1v) is 12.6. The monoisotopic (exact) mass is 576 g/mol. The van der Waals surface area contributed by atoms with Crippen LogP contribution in [0.5, 0.6) is 0 Å². The lowest BCUT2D eigenvalue weighted by molar-refractivity contribution is -0.00856. The van der Waals surface area contributed by atoms with E-state index in [1.165, 1.54) is 53.4 Å². The zero-order valence-electron chi connectivity index (χ0n) is 22.1. The van der Waals surface area contributed by atoms with Crippen LogP contribution in [0, 0.1) is 11.6 Å². The Morgan fingerprint density at radius 3 is 1.69 bits per heavy atom. The second-order valence-corrected chi connectivity index (χ2v) is 9.33. The van der Waals surface area contributed by atoms with Crippen LogP contribution in [0.1, 0.15) is 11.1 Å². The van der Waals surface area contributed by atoms with Gasteiger partial charge in [0.1, 0.15) is 73.4 Å². The van der Waals surface area contributed by atoms with Gasteiger partial charge in [-0.2, -0.15) is 20.4 Å². The van der Waals surface area contributed by atoms with Crippen molar-refractivity contribution in [1.82, 2.24) is 59.1 Å². The molecule has 0 aliphatic heterocycles. The van der Waals surface area contributed by atoms with Crippen LogP contribution in [-0.4, -0.2) is 75.9 Å². The van der Waals surface area contributed by atoms with Crippen molar-refractivity contribution in [1.29, 1.82) is 0 Å². The Hall–Kier alpha value is -5.22. The largest absolute Gasteiger partial charge is 0.393 e. The average Bonchev–Trinajstić information content (AvgIpc) is 3.81. The van der Waals surface area contributed by atoms with Crippen molar-refractivity contribution in [2.45, 2.75) is 30.8 Å². The van der Waals surface area contributed by atoms with Gasteiger partial charge in [-0.05, 0) is 11.6 Å². The molecule has 0 amide bonds. The summed E-state index contributed by atoms with van der Waals surface area (Å²) in [4.78, 5) is 15.5. The van der Waals surface area contributed by atoms with E-state index in [-0.39, 0.29) is 25.3 Å². The molecule has 16 heteroatoms. The second-order valence-electron chi connectivity index (χ2n) is 9.33.